The molecule has 7 N–H and O–H groups in total. The van der Waals surface area contributed by atoms with Crippen LogP contribution in [0, 0.1) is 11.8 Å². The molecule has 15 nitrogen and oxygen atoms in total. The number of carboxylic acids is 1. The summed E-state index contributed by atoms with van der Waals surface area (Å²) in [6.07, 6.45) is 4.41. The number of likely N-dealkylation sites (tertiary alicyclic amines) is 1. The Morgan fingerprint density at radius 1 is 1.06 bits per heavy atom. The average molecular weight is 733 g/mol. The van der Waals surface area contributed by atoms with E-state index in [4.69, 9.17) is 10.5 Å². The van der Waals surface area contributed by atoms with Gasteiger partial charge in [-0.3, -0.25) is 29.3 Å². The molecule has 0 spiro atoms. The largest absolute Gasteiger partial charge is 0.479 e. The number of aliphatic carboxylic acids is 1. The SMILES string of the molecule is CCCC(NC(=O)C12CC1C(F)(F)CN2C(=O)/C(=C/C1CCCCC1)NC(=O)OCC(C)N)C(=O)C(=O)NCC(=O)NC(C(=O)O)c1ccccc1. The van der Waals surface area contributed by atoms with Crippen LogP contribution in [0.3, 0.4) is 0 Å². The molecule has 5 amide bonds. The summed E-state index contributed by atoms with van der Waals surface area (Å²) >= 11 is 0. The number of carbonyl (C=O) groups excluding carboxylic acids is 6. The van der Waals surface area contributed by atoms with E-state index < -0.39 is 96.5 Å². The Morgan fingerprint density at radius 3 is 2.33 bits per heavy atom. The number of hydrogen-bond acceptors (Lipinski definition) is 9. The Morgan fingerprint density at radius 2 is 1.73 bits per heavy atom. The molecule has 0 aromatic heterocycles. The molecule has 0 radical (unpaired) electrons. The predicted octanol–water partition coefficient (Wildman–Crippen LogP) is 1.67. The van der Waals surface area contributed by atoms with Crippen molar-refractivity contribution in [3.05, 3.63) is 47.7 Å². The molecule has 1 saturated heterocycles. The maximum atomic E-state index is 15.3. The first-order valence-electron chi connectivity index (χ1n) is 17.4. The summed E-state index contributed by atoms with van der Waals surface area (Å²) < 4.78 is 35.6. The van der Waals surface area contributed by atoms with E-state index in [1.165, 1.54) is 18.2 Å². The number of carboxylic acid groups (broad SMARTS) is 1. The third-order valence-corrected chi connectivity index (χ3v) is 9.44. The van der Waals surface area contributed by atoms with E-state index in [1.807, 2.05) is 0 Å². The minimum Gasteiger partial charge on any atom is -0.479 e. The normalized spacial score (nSPS) is 22.5. The minimum atomic E-state index is -3.47. The molecule has 5 unspecified atom stereocenters. The molecule has 1 aromatic rings. The summed E-state index contributed by atoms with van der Waals surface area (Å²) in [5.74, 6) is -12.0. The number of carbonyl (C=O) groups is 7. The van der Waals surface area contributed by atoms with Gasteiger partial charge in [0.05, 0.1) is 25.0 Å². The van der Waals surface area contributed by atoms with Crippen LogP contribution in [0.15, 0.2) is 42.1 Å². The van der Waals surface area contributed by atoms with Crippen molar-refractivity contribution in [1.29, 1.82) is 0 Å². The van der Waals surface area contributed by atoms with Crippen LogP contribution < -0.4 is 27.0 Å². The number of rotatable bonds is 16. The van der Waals surface area contributed by atoms with E-state index >= 15 is 8.78 Å². The molecule has 2 saturated carbocycles. The zero-order chi connectivity index (χ0) is 38.2. The molecule has 5 atom stereocenters. The number of ether oxygens (including phenoxy) is 1. The number of piperidine rings is 1. The molecule has 1 aromatic carbocycles. The van der Waals surface area contributed by atoms with Crippen molar-refractivity contribution in [3.63, 3.8) is 0 Å². The van der Waals surface area contributed by atoms with E-state index in [9.17, 15) is 38.7 Å². The molecular weight excluding hydrogens is 686 g/mol. The standard InChI is InChI=1S/C35H46F2N6O9/c1-3-10-23(28(45)29(46)39-17-26(44)42-27(31(48)49)22-13-8-5-9-14-22)40-32(50)34-16-25(34)35(36,37)19-43(34)30(47)24(15-21-11-6-4-7-12-21)41-33(51)52-18-20(2)38/h5,8-9,13-15,20-21,23,25,27H,3-4,6-7,10-12,16-19,38H2,1-2H3,(H,39,46)(H,40,50)(H,41,51)(H,42,44)(H,48,49)/b24-15-. The molecule has 17 heteroatoms. The Hall–Kier alpha value is -4.93. The van der Waals surface area contributed by atoms with Crippen molar-refractivity contribution < 1.29 is 52.2 Å². The number of Topliss-reactive ketones (excluding diaryl/α,β-unsaturated/α-hetero) is 1. The van der Waals surface area contributed by atoms with E-state index in [1.54, 1.807) is 32.0 Å². The van der Waals surface area contributed by atoms with Gasteiger partial charge in [0.15, 0.2) is 6.04 Å². The summed E-state index contributed by atoms with van der Waals surface area (Å²) in [5, 5.41) is 18.7. The predicted molar refractivity (Wildman–Crippen MR) is 180 cm³/mol. The van der Waals surface area contributed by atoms with Crippen LogP contribution in [0.4, 0.5) is 13.6 Å². The van der Waals surface area contributed by atoms with Gasteiger partial charge < -0.3 is 36.4 Å². The number of amides is 5. The number of halogens is 2. The topological polar surface area (TPSA) is 226 Å². The Kier molecular flexibility index (Phi) is 13.1. The highest BCUT2D eigenvalue weighted by Gasteiger charge is 2.79. The maximum Gasteiger partial charge on any atom is 0.411 e. The first-order valence-corrected chi connectivity index (χ1v) is 17.4. The fraction of sp³-hybridized carbons (Fsp3) is 0.571. The average Bonchev–Trinajstić information content (AvgIpc) is 3.84. The van der Waals surface area contributed by atoms with Gasteiger partial charge in [0.2, 0.25) is 17.6 Å². The number of nitrogens with one attached hydrogen (secondary N) is 4. The van der Waals surface area contributed by atoms with Gasteiger partial charge in [0.25, 0.3) is 17.7 Å². The minimum absolute atomic E-state index is 0.0792. The fourth-order valence-corrected chi connectivity index (χ4v) is 6.73. The Bertz CT molecular complexity index is 1570. The molecule has 4 rings (SSSR count). The second kappa shape index (κ2) is 17.1. The summed E-state index contributed by atoms with van der Waals surface area (Å²) in [6.45, 7) is 1.19. The fourth-order valence-electron chi connectivity index (χ4n) is 6.73. The smallest absolute Gasteiger partial charge is 0.411 e. The van der Waals surface area contributed by atoms with Gasteiger partial charge >= 0.3 is 12.1 Å². The highest BCUT2D eigenvalue weighted by Crippen LogP contribution is 2.62. The van der Waals surface area contributed by atoms with Crippen LogP contribution in [0.2, 0.25) is 0 Å². The molecule has 52 heavy (non-hydrogen) atoms. The Labute approximate surface area is 299 Å². The summed E-state index contributed by atoms with van der Waals surface area (Å²) in [7, 11) is 0. The lowest BCUT2D eigenvalue weighted by atomic mass is 9.88. The third kappa shape index (κ3) is 9.48. The van der Waals surface area contributed by atoms with Gasteiger partial charge in [-0.25, -0.2) is 18.4 Å². The van der Waals surface area contributed by atoms with E-state index in [-0.39, 0.29) is 36.6 Å². The van der Waals surface area contributed by atoms with Crippen molar-refractivity contribution in [1.82, 2.24) is 26.2 Å². The summed E-state index contributed by atoms with van der Waals surface area (Å²) in [4.78, 5) is 91.4. The highest BCUT2D eigenvalue weighted by atomic mass is 19.3. The second-order valence-electron chi connectivity index (χ2n) is 13.6. The molecule has 284 valence electrons. The lowest BCUT2D eigenvalue weighted by molar-refractivity contribution is -0.143. The highest BCUT2D eigenvalue weighted by molar-refractivity contribution is 6.38. The number of benzene rings is 1. The molecular formula is C35H46F2N6O9. The van der Waals surface area contributed by atoms with Crippen LogP contribution in [0.25, 0.3) is 0 Å². The monoisotopic (exact) mass is 732 g/mol. The van der Waals surface area contributed by atoms with Crippen LogP contribution in [0.5, 0.6) is 0 Å². The quantitative estimate of drug-likeness (QED) is 0.106. The van der Waals surface area contributed by atoms with Crippen molar-refractivity contribution >= 4 is 41.5 Å². The van der Waals surface area contributed by atoms with Gasteiger partial charge in [-0.05, 0) is 44.1 Å². The lowest BCUT2D eigenvalue weighted by Gasteiger charge is -2.30. The van der Waals surface area contributed by atoms with Crippen molar-refractivity contribution in [3.8, 4) is 0 Å². The number of alkyl halides is 2. The van der Waals surface area contributed by atoms with Crippen LogP contribution in [-0.2, 0) is 33.5 Å². The molecule has 3 aliphatic rings. The third-order valence-electron chi connectivity index (χ3n) is 9.44. The first-order chi connectivity index (χ1) is 24.6. The molecule has 0 bridgehead atoms. The molecule has 3 fully saturated rings. The molecule has 1 heterocycles. The number of allylic oxidation sites excluding steroid dienone is 1. The Balaban J connectivity index is 1.47. The van der Waals surface area contributed by atoms with Gasteiger partial charge in [-0.1, -0.05) is 69.0 Å². The lowest BCUT2D eigenvalue weighted by Crippen LogP contribution is -2.57. The van der Waals surface area contributed by atoms with E-state index in [0.717, 1.165) is 24.2 Å². The van der Waals surface area contributed by atoms with Crippen LogP contribution >= 0.6 is 0 Å². The number of nitrogens with two attached hydrogens (primary N) is 1. The zero-order valence-corrected chi connectivity index (χ0v) is 29.1. The van der Waals surface area contributed by atoms with Gasteiger partial charge in [-0.2, -0.15) is 0 Å². The number of hydrogen-bond donors (Lipinski definition) is 6. The van der Waals surface area contributed by atoms with E-state index in [0.29, 0.717) is 12.8 Å². The maximum absolute atomic E-state index is 15.3. The summed E-state index contributed by atoms with van der Waals surface area (Å²) in [6, 6.07) is 4.36. The number of fused-ring (bicyclic) bond motifs is 1. The van der Waals surface area contributed by atoms with Crippen molar-refractivity contribution in [2.75, 3.05) is 19.7 Å². The second-order valence-corrected chi connectivity index (χ2v) is 13.6. The number of nitrogens with zero attached hydrogens (tertiary/aromatic N) is 1. The van der Waals surface area contributed by atoms with Gasteiger partial charge in [0.1, 0.15) is 17.8 Å². The van der Waals surface area contributed by atoms with Gasteiger partial charge in [0, 0.05) is 6.04 Å². The number of alkyl carbamates (subject to hydrolysis) is 1. The van der Waals surface area contributed by atoms with Crippen LogP contribution in [-0.4, -0.2) is 94.7 Å². The van der Waals surface area contributed by atoms with E-state index in [2.05, 4.69) is 21.3 Å². The molecule has 2 aliphatic carbocycles. The van der Waals surface area contributed by atoms with Crippen LogP contribution in [0.1, 0.15) is 76.8 Å². The van der Waals surface area contributed by atoms with Gasteiger partial charge in [-0.15, -0.1) is 0 Å². The van der Waals surface area contributed by atoms with Crippen molar-refractivity contribution in [2.24, 2.45) is 17.6 Å². The van der Waals surface area contributed by atoms with Crippen molar-refractivity contribution in [2.45, 2.75) is 94.8 Å². The first kappa shape index (κ1) is 39.8. The number of ketones is 1. The summed E-state index contributed by atoms with van der Waals surface area (Å²) in [5.41, 5.74) is 3.55. The molecule has 1 aliphatic heterocycles. The zero-order valence-electron chi connectivity index (χ0n) is 29.1.